The van der Waals surface area contributed by atoms with Crippen LogP contribution in [0, 0.1) is 0 Å². The topological polar surface area (TPSA) is 49.3 Å². The van der Waals surface area contributed by atoms with E-state index in [4.69, 9.17) is 11.6 Å². The van der Waals surface area contributed by atoms with Crippen molar-refractivity contribution in [1.82, 2.24) is 5.32 Å². The standard InChI is InChI=1S/C14H14ClNO2/c1-9(8-15)16-14(18)12-7-6-10-4-2-3-5-11(10)13(12)17/h2-7,9,17H,8H2,1H3,(H,16,18). The molecule has 2 aromatic rings. The molecule has 2 rings (SSSR count). The second-order valence-corrected chi connectivity index (χ2v) is 4.52. The van der Waals surface area contributed by atoms with E-state index in [2.05, 4.69) is 5.32 Å². The molecular formula is C14H14ClNO2. The molecular weight excluding hydrogens is 250 g/mol. The summed E-state index contributed by atoms with van der Waals surface area (Å²) in [7, 11) is 0. The van der Waals surface area contributed by atoms with Crippen molar-refractivity contribution in [3.05, 3.63) is 42.0 Å². The minimum Gasteiger partial charge on any atom is -0.506 e. The number of rotatable bonds is 3. The molecule has 0 heterocycles. The Labute approximate surface area is 110 Å². The third-order valence-corrected chi connectivity index (χ3v) is 3.22. The van der Waals surface area contributed by atoms with Crippen LogP contribution >= 0.6 is 11.6 Å². The van der Waals surface area contributed by atoms with Crippen LogP contribution in [0.15, 0.2) is 36.4 Å². The van der Waals surface area contributed by atoms with E-state index in [1.807, 2.05) is 31.2 Å². The van der Waals surface area contributed by atoms with Crippen LogP contribution in [0.25, 0.3) is 10.8 Å². The summed E-state index contributed by atoms with van der Waals surface area (Å²) in [6.07, 6.45) is 0. The Morgan fingerprint density at radius 3 is 2.78 bits per heavy atom. The summed E-state index contributed by atoms with van der Waals surface area (Å²) >= 11 is 5.64. The molecule has 4 heteroatoms. The van der Waals surface area contributed by atoms with E-state index in [-0.39, 0.29) is 23.3 Å². The molecule has 0 bridgehead atoms. The molecule has 0 spiro atoms. The number of hydrogen-bond acceptors (Lipinski definition) is 2. The predicted octanol–water partition coefficient (Wildman–Crippen LogP) is 2.90. The molecule has 3 nitrogen and oxygen atoms in total. The van der Waals surface area contributed by atoms with Crippen LogP contribution in [0.2, 0.25) is 0 Å². The molecule has 0 saturated carbocycles. The Morgan fingerprint density at radius 1 is 1.33 bits per heavy atom. The maximum absolute atomic E-state index is 11.9. The van der Waals surface area contributed by atoms with Gasteiger partial charge in [-0.2, -0.15) is 0 Å². The van der Waals surface area contributed by atoms with Crippen LogP contribution in [0.3, 0.4) is 0 Å². The average Bonchev–Trinajstić information content (AvgIpc) is 2.39. The molecule has 2 aromatic carbocycles. The number of carbonyl (C=O) groups excluding carboxylic acids is 1. The van der Waals surface area contributed by atoms with E-state index < -0.39 is 0 Å². The number of halogens is 1. The minimum atomic E-state index is -0.314. The Bertz CT molecular complexity index is 583. The van der Waals surface area contributed by atoms with Gasteiger partial charge in [-0.3, -0.25) is 4.79 Å². The second kappa shape index (κ2) is 5.27. The van der Waals surface area contributed by atoms with Crippen LogP contribution < -0.4 is 5.32 Å². The largest absolute Gasteiger partial charge is 0.506 e. The van der Waals surface area contributed by atoms with E-state index >= 15 is 0 Å². The summed E-state index contributed by atoms with van der Waals surface area (Å²) in [6.45, 7) is 1.81. The first-order valence-corrected chi connectivity index (χ1v) is 6.24. The summed E-state index contributed by atoms with van der Waals surface area (Å²) in [5, 5.41) is 14.4. The Kier molecular flexibility index (Phi) is 3.72. The molecule has 0 radical (unpaired) electrons. The first-order valence-electron chi connectivity index (χ1n) is 5.71. The lowest BCUT2D eigenvalue weighted by Gasteiger charge is -2.12. The number of alkyl halides is 1. The van der Waals surface area contributed by atoms with E-state index in [0.29, 0.717) is 11.3 Å². The van der Waals surface area contributed by atoms with Crippen LogP contribution in [0.1, 0.15) is 17.3 Å². The highest BCUT2D eigenvalue weighted by Gasteiger charge is 2.15. The Hall–Kier alpha value is -1.74. The third kappa shape index (κ3) is 2.41. The van der Waals surface area contributed by atoms with Crippen molar-refractivity contribution in [2.45, 2.75) is 13.0 Å². The second-order valence-electron chi connectivity index (χ2n) is 4.21. The van der Waals surface area contributed by atoms with Crippen molar-refractivity contribution in [2.24, 2.45) is 0 Å². The van der Waals surface area contributed by atoms with Gasteiger partial charge in [0, 0.05) is 17.3 Å². The summed E-state index contributed by atoms with van der Waals surface area (Å²) in [5.74, 6) is 0.0267. The molecule has 0 fully saturated rings. The first kappa shape index (κ1) is 12.7. The van der Waals surface area contributed by atoms with Gasteiger partial charge in [-0.25, -0.2) is 0 Å². The van der Waals surface area contributed by atoms with Crippen molar-refractivity contribution in [3.8, 4) is 5.75 Å². The lowest BCUT2D eigenvalue weighted by molar-refractivity contribution is 0.0941. The summed E-state index contributed by atoms with van der Waals surface area (Å²) in [6, 6.07) is 10.7. The van der Waals surface area contributed by atoms with Crippen LogP contribution in [0.4, 0.5) is 0 Å². The van der Waals surface area contributed by atoms with Crippen molar-refractivity contribution >= 4 is 28.3 Å². The van der Waals surface area contributed by atoms with Gasteiger partial charge in [-0.1, -0.05) is 30.3 Å². The number of phenolic OH excluding ortho intramolecular Hbond substituents is 1. The van der Waals surface area contributed by atoms with Gasteiger partial charge in [-0.15, -0.1) is 11.6 Å². The number of nitrogens with one attached hydrogen (secondary N) is 1. The van der Waals surface area contributed by atoms with Gasteiger partial charge in [0.05, 0.1) is 5.56 Å². The van der Waals surface area contributed by atoms with Crippen molar-refractivity contribution in [2.75, 3.05) is 5.88 Å². The maximum atomic E-state index is 11.9. The van der Waals surface area contributed by atoms with Gasteiger partial charge in [0.2, 0.25) is 0 Å². The molecule has 0 aliphatic rings. The zero-order chi connectivity index (χ0) is 13.1. The number of phenols is 1. The van der Waals surface area contributed by atoms with E-state index in [1.54, 1.807) is 12.1 Å². The van der Waals surface area contributed by atoms with Crippen molar-refractivity contribution < 1.29 is 9.90 Å². The number of fused-ring (bicyclic) bond motifs is 1. The third-order valence-electron chi connectivity index (χ3n) is 2.75. The fraction of sp³-hybridized carbons (Fsp3) is 0.214. The average molecular weight is 264 g/mol. The van der Waals surface area contributed by atoms with Crippen LogP contribution in [0.5, 0.6) is 5.75 Å². The Morgan fingerprint density at radius 2 is 2.06 bits per heavy atom. The lowest BCUT2D eigenvalue weighted by Crippen LogP contribution is -2.33. The van der Waals surface area contributed by atoms with Gasteiger partial charge in [0.15, 0.2) is 0 Å². The molecule has 0 aliphatic carbocycles. The smallest absolute Gasteiger partial charge is 0.255 e. The molecule has 1 unspecified atom stereocenters. The summed E-state index contributed by atoms with van der Waals surface area (Å²) in [5.41, 5.74) is 0.269. The molecule has 18 heavy (non-hydrogen) atoms. The fourth-order valence-corrected chi connectivity index (χ4v) is 1.86. The highest BCUT2D eigenvalue weighted by molar-refractivity contribution is 6.18. The van der Waals surface area contributed by atoms with Gasteiger partial charge in [-0.05, 0) is 18.4 Å². The van der Waals surface area contributed by atoms with Crippen molar-refractivity contribution in [3.63, 3.8) is 0 Å². The Balaban J connectivity index is 2.40. The van der Waals surface area contributed by atoms with Gasteiger partial charge in [0.1, 0.15) is 5.75 Å². The van der Waals surface area contributed by atoms with Crippen LogP contribution in [-0.2, 0) is 0 Å². The SMILES string of the molecule is CC(CCl)NC(=O)c1ccc2ccccc2c1O. The highest BCUT2D eigenvalue weighted by atomic mass is 35.5. The molecule has 94 valence electrons. The molecule has 0 aromatic heterocycles. The van der Waals surface area contributed by atoms with Gasteiger partial charge in [0.25, 0.3) is 5.91 Å². The minimum absolute atomic E-state index is 0.00683. The molecule has 0 saturated heterocycles. The fourth-order valence-electron chi connectivity index (χ4n) is 1.78. The molecule has 2 N–H and O–H groups in total. The lowest BCUT2D eigenvalue weighted by atomic mass is 10.0. The van der Waals surface area contributed by atoms with Crippen LogP contribution in [-0.4, -0.2) is 22.9 Å². The quantitative estimate of drug-likeness (QED) is 0.837. The number of aromatic hydroxyl groups is 1. The molecule has 0 aliphatic heterocycles. The van der Waals surface area contributed by atoms with E-state index in [9.17, 15) is 9.90 Å². The number of hydrogen-bond donors (Lipinski definition) is 2. The summed E-state index contributed by atoms with van der Waals surface area (Å²) in [4.78, 5) is 11.9. The first-order chi connectivity index (χ1) is 8.63. The van der Waals surface area contributed by atoms with Crippen molar-refractivity contribution in [1.29, 1.82) is 0 Å². The van der Waals surface area contributed by atoms with Gasteiger partial charge >= 0.3 is 0 Å². The summed E-state index contributed by atoms with van der Waals surface area (Å²) < 4.78 is 0. The number of carbonyl (C=O) groups is 1. The maximum Gasteiger partial charge on any atom is 0.255 e. The van der Waals surface area contributed by atoms with E-state index in [1.165, 1.54) is 0 Å². The zero-order valence-corrected chi connectivity index (χ0v) is 10.7. The molecule has 1 atom stereocenters. The monoisotopic (exact) mass is 263 g/mol. The zero-order valence-electron chi connectivity index (χ0n) is 9.98. The molecule has 1 amide bonds. The normalized spacial score (nSPS) is 12.3. The van der Waals surface area contributed by atoms with E-state index in [0.717, 1.165) is 5.39 Å². The highest BCUT2D eigenvalue weighted by Crippen LogP contribution is 2.28. The number of benzene rings is 2. The number of amides is 1. The van der Waals surface area contributed by atoms with Gasteiger partial charge < -0.3 is 10.4 Å². The predicted molar refractivity (Wildman–Crippen MR) is 73.3 cm³/mol.